The number of nitrogens with zero attached hydrogens (tertiary/aromatic N) is 1. The van der Waals surface area contributed by atoms with Crippen LogP contribution in [0.15, 0.2) is 42.5 Å². The van der Waals surface area contributed by atoms with Crippen LogP contribution in [0.2, 0.25) is 0 Å². The normalized spacial score (nSPS) is 16.8. The molecule has 2 aromatic carbocycles. The number of amides is 1. The lowest BCUT2D eigenvalue weighted by Gasteiger charge is -2.36. The first-order valence-electron chi connectivity index (χ1n) is 8.27. The van der Waals surface area contributed by atoms with Gasteiger partial charge in [-0.3, -0.25) is 4.79 Å². The lowest BCUT2D eigenvalue weighted by Crippen LogP contribution is -2.42. The van der Waals surface area contributed by atoms with Gasteiger partial charge in [-0.1, -0.05) is 30.3 Å². The summed E-state index contributed by atoms with van der Waals surface area (Å²) in [5.74, 6) is 0.0438. The number of carbonyl (C=O) groups is 1. The van der Waals surface area contributed by atoms with Gasteiger partial charge in [0.25, 0.3) is 0 Å². The van der Waals surface area contributed by atoms with E-state index in [2.05, 4.69) is 48.3 Å². The van der Waals surface area contributed by atoms with Crippen molar-refractivity contribution in [2.24, 2.45) is 0 Å². The van der Waals surface area contributed by atoms with Gasteiger partial charge in [0, 0.05) is 17.4 Å². The molecule has 23 heavy (non-hydrogen) atoms. The molecule has 0 fully saturated rings. The van der Waals surface area contributed by atoms with Crippen molar-refractivity contribution >= 4 is 17.3 Å². The van der Waals surface area contributed by atoms with Gasteiger partial charge in [-0.15, -0.1) is 0 Å². The number of anilines is 2. The van der Waals surface area contributed by atoms with Gasteiger partial charge < -0.3 is 10.2 Å². The zero-order valence-corrected chi connectivity index (χ0v) is 14.1. The van der Waals surface area contributed by atoms with E-state index in [1.165, 1.54) is 16.8 Å². The summed E-state index contributed by atoms with van der Waals surface area (Å²) in [5.41, 5.74) is 5.77. The van der Waals surface area contributed by atoms with Crippen molar-refractivity contribution < 1.29 is 4.79 Å². The summed E-state index contributed by atoms with van der Waals surface area (Å²) in [6.45, 7) is 6.70. The largest absolute Gasteiger partial charge is 0.359 e. The molecule has 1 amide bonds. The van der Waals surface area contributed by atoms with Gasteiger partial charge in [-0.25, -0.2) is 0 Å². The van der Waals surface area contributed by atoms with Gasteiger partial charge in [0.05, 0.1) is 6.54 Å². The van der Waals surface area contributed by atoms with E-state index < -0.39 is 0 Å². The van der Waals surface area contributed by atoms with Gasteiger partial charge in [-0.2, -0.15) is 0 Å². The first kappa shape index (κ1) is 15.6. The van der Waals surface area contributed by atoms with Crippen LogP contribution in [0.3, 0.4) is 0 Å². The fraction of sp³-hybridized carbons (Fsp3) is 0.350. The van der Waals surface area contributed by atoms with Crippen LogP contribution in [0.4, 0.5) is 11.4 Å². The van der Waals surface area contributed by atoms with Crippen molar-refractivity contribution in [1.82, 2.24) is 0 Å². The van der Waals surface area contributed by atoms with Crippen molar-refractivity contribution in [1.29, 1.82) is 0 Å². The summed E-state index contributed by atoms with van der Waals surface area (Å²) < 4.78 is 0. The molecule has 0 radical (unpaired) electrons. The standard InChI is InChI=1S/C20H24N2O/c1-14-7-6-9-18(16(14)3)21-20(23)13-22-15(2)11-12-17-8-4-5-10-19(17)22/h4-10,15H,11-13H2,1-3H3,(H,21,23)/t15-/m1/s1. The van der Waals surface area contributed by atoms with E-state index in [1.807, 2.05) is 25.1 Å². The summed E-state index contributed by atoms with van der Waals surface area (Å²) in [5, 5.41) is 3.07. The molecule has 0 bridgehead atoms. The molecule has 1 aliphatic heterocycles. The maximum absolute atomic E-state index is 12.5. The molecule has 1 heterocycles. The maximum atomic E-state index is 12.5. The van der Waals surface area contributed by atoms with Crippen molar-refractivity contribution in [3.05, 3.63) is 59.2 Å². The number of para-hydroxylation sites is 1. The molecule has 0 unspecified atom stereocenters. The van der Waals surface area contributed by atoms with Crippen LogP contribution in [0.1, 0.15) is 30.0 Å². The number of hydrogen-bond donors (Lipinski definition) is 1. The Morgan fingerprint density at radius 2 is 1.96 bits per heavy atom. The summed E-state index contributed by atoms with van der Waals surface area (Å²) >= 11 is 0. The van der Waals surface area contributed by atoms with E-state index in [0.717, 1.165) is 24.1 Å². The predicted molar refractivity (Wildman–Crippen MR) is 96.1 cm³/mol. The average Bonchev–Trinajstić information content (AvgIpc) is 2.54. The number of aryl methyl sites for hydroxylation is 2. The smallest absolute Gasteiger partial charge is 0.243 e. The van der Waals surface area contributed by atoms with Crippen LogP contribution in [-0.4, -0.2) is 18.5 Å². The van der Waals surface area contributed by atoms with Crippen LogP contribution in [0.5, 0.6) is 0 Å². The van der Waals surface area contributed by atoms with E-state index >= 15 is 0 Å². The minimum Gasteiger partial charge on any atom is -0.359 e. The third kappa shape index (κ3) is 3.24. The van der Waals surface area contributed by atoms with Gasteiger partial charge in [0.1, 0.15) is 0 Å². The Kier molecular flexibility index (Phi) is 4.37. The fourth-order valence-electron chi connectivity index (χ4n) is 3.23. The zero-order chi connectivity index (χ0) is 16.4. The van der Waals surface area contributed by atoms with Crippen molar-refractivity contribution in [3.8, 4) is 0 Å². The quantitative estimate of drug-likeness (QED) is 0.926. The Morgan fingerprint density at radius 3 is 2.78 bits per heavy atom. The SMILES string of the molecule is Cc1cccc(NC(=O)CN2c3ccccc3CC[C@H]2C)c1C. The lowest BCUT2D eigenvalue weighted by molar-refractivity contribution is -0.115. The van der Waals surface area contributed by atoms with Crippen LogP contribution in [0, 0.1) is 13.8 Å². The molecule has 0 spiro atoms. The van der Waals surface area contributed by atoms with Crippen molar-refractivity contribution in [2.45, 2.75) is 39.7 Å². The molecule has 1 aliphatic rings. The molecule has 3 rings (SSSR count). The van der Waals surface area contributed by atoms with Gasteiger partial charge in [0.15, 0.2) is 0 Å². The minimum atomic E-state index is 0.0438. The van der Waals surface area contributed by atoms with Crippen LogP contribution in [-0.2, 0) is 11.2 Å². The summed E-state index contributed by atoms with van der Waals surface area (Å²) in [7, 11) is 0. The molecule has 120 valence electrons. The molecule has 3 nitrogen and oxygen atoms in total. The Bertz CT molecular complexity index is 723. The highest BCUT2D eigenvalue weighted by Gasteiger charge is 2.24. The Morgan fingerprint density at radius 1 is 1.17 bits per heavy atom. The Labute approximate surface area is 138 Å². The molecule has 0 saturated carbocycles. The first-order chi connectivity index (χ1) is 11.1. The fourth-order valence-corrected chi connectivity index (χ4v) is 3.23. The maximum Gasteiger partial charge on any atom is 0.243 e. The highest BCUT2D eigenvalue weighted by molar-refractivity contribution is 5.95. The summed E-state index contributed by atoms with van der Waals surface area (Å²) in [4.78, 5) is 14.8. The monoisotopic (exact) mass is 308 g/mol. The number of rotatable bonds is 3. The molecule has 1 N–H and O–H groups in total. The average molecular weight is 308 g/mol. The van der Waals surface area contributed by atoms with E-state index in [-0.39, 0.29) is 5.91 Å². The molecular formula is C20H24N2O. The second-order valence-corrected chi connectivity index (χ2v) is 6.44. The van der Waals surface area contributed by atoms with E-state index in [4.69, 9.17) is 0 Å². The number of carbonyl (C=O) groups excluding carboxylic acids is 1. The molecule has 0 aliphatic carbocycles. The lowest BCUT2D eigenvalue weighted by atomic mass is 9.96. The third-order valence-electron chi connectivity index (χ3n) is 4.86. The molecule has 1 atom stereocenters. The summed E-state index contributed by atoms with van der Waals surface area (Å²) in [6, 6.07) is 14.8. The number of hydrogen-bond acceptors (Lipinski definition) is 2. The number of benzene rings is 2. The summed E-state index contributed by atoms with van der Waals surface area (Å²) in [6.07, 6.45) is 2.18. The van der Waals surface area contributed by atoms with E-state index in [0.29, 0.717) is 12.6 Å². The topological polar surface area (TPSA) is 32.3 Å². The zero-order valence-electron chi connectivity index (χ0n) is 14.1. The van der Waals surface area contributed by atoms with Crippen LogP contribution < -0.4 is 10.2 Å². The number of fused-ring (bicyclic) bond motifs is 1. The van der Waals surface area contributed by atoms with E-state index in [9.17, 15) is 4.79 Å². The first-order valence-corrected chi connectivity index (χ1v) is 8.27. The highest BCUT2D eigenvalue weighted by Crippen LogP contribution is 2.30. The molecule has 0 saturated heterocycles. The van der Waals surface area contributed by atoms with Crippen molar-refractivity contribution in [3.63, 3.8) is 0 Å². The van der Waals surface area contributed by atoms with Crippen LogP contribution in [0.25, 0.3) is 0 Å². The van der Waals surface area contributed by atoms with Gasteiger partial charge in [-0.05, 0) is 62.4 Å². The minimum absolute atomic E-state index is 0.0438. The molecular weight excluding hydrogens is 284 g/mol. The second-order valence-electron chi connectivity index (χ2n) is 6.44. The highest BCUT2D eigenvalue weighted by atomic mass is 16.2. The van der Waals surface area contributed by atoms with Crippen LogP contribution >= 0.6 is 0 Å². The molecule has 3 heteroatoms. The third-order valence-corrected chi connectivity index (χ3v) is 4.86. The van der Waals surface area contributed by atoms with E-state index in [1.54, 1.807) is 0 Å². The number of nitrogens with one attached hydrogen (secondary N) is 1. The second kappa shape index (κ2) is 6.45. The van der Waals surface area contributed by atoms with Gasteiger partial charge >= 0.3 is 0 Å². The Balaban J connectivity index is 1.76. The predicted octanol–water partition coefficient (Wildman–Crippen LogP) is 4.08. The molecule has 0 aromatic heterocycles. The van der Waals surface area contributed by atoms with Crippen molar-refractivity contribution in [2.75, 3.05) is 16.8 Å². The van der Waals surface area contributed by atoms with Gasteiger partial charge in [0.2, 0.25) is 5.91 Å². The Hall–Kier alpha value is -2.29. The molecule has 2 aromatic rings.